The van der Waals surface area contributed by atoms with Crippen molar-refractivity contribution < 1.29 is 5.11 Å². The van der Waals surface area contributed by atoms with Gasteiger partial charge in [0.1, 0.15) is 11.6 Å². The average molecular weight is 332 g/mol. The lowest BCUT2D eigenvalue weighted by Gasteiger charge is -2.36. The van der Waals surface area contributed by atoms with Crippen LogP contribution in [0, 0.1) is 0 Å². The van der Waals surface area contributed by atoms with E-state index in [0.29, 0.717) is 5.92 Å². The van der Waals surface area contributed by atoms with Gasteiger partial charge in [0.05, 0.1) is 5.69 Å². The number of rotatable bonds is 5. The van der Waals surface area contributed by atoms with Gasteiger partial charge >= 0.3 is 0 Å². The molecule has 0 aromatic carbocycles. The molecule has 5 heteroatoms. The zero-order chi connectivity index (χ0) is 17.2. The third-order valence-corrected chi connectivity index (χ3v) is 5.30. The molecule has 1 aliphatic carbocycles. The van der Waals surface area contributed by atoms with E-state index in [1.807, 2.05) is 0 Å². The monoisotopic (exact) mass is 332 g/mol. The first-order chi connectivity index (χ1) is 11.5. The van der Waals surface area contributed by atoms with Crippen LogP contribution in [0.25, 0.3) is 0 Å². The highest BCUT2D eigenvalue weighted by molar-refractivity contribution is 5.42. The largest absolute Gasteiger partial charge is 0.396 e. The highest BCUT2D eigenvalue weighted by atomic mass is 16.3. The summed E-state index contributed by atoms with van der Waals surface area (Å²) in [4.78, 5) is 14.7. The summed E-state index contributed by atoms with van der Waals surface area (Å²) < 4.78 is 0. The molecule has 0 spiro atoms. The molecule has 1 N–H and O–H groups in total. The van der Waals surface area contributed by atoms with Crippen molar-refractivity contribution in [3.63, 3.8) is 0 Å². The van der Waals surface area contributed by atoms with Gasteiger partial charge in [-0.05, 0) is 19.3 Å². The molecule has 1 aliphatic heterocycles. The van der Waals surface area contributed by atoms with Crippen LogP contribution in [0.3, 0.4) is 0 Å². The van der Waals surface area contributed by atoms with Gasteiger partial charge in [-0.25, -0.2) is 9.97 Å². The van der Waals surface area contributed by atoms with Crippen LogP contribution in [0.15, 0.2) is 6.07 Å². The molecule has 1 aromatic heterocycles. The number of aromatic nitrogens is 2. The normalized spacial score (nSPS) is 20.2. The Morgan fingerprint density at radius 2 is 1.83 bits per heavy atom. The average Bonchev–Trinajstić information content (AvgIpc) is 2.50. The van der Waals surface area contributed by atoms with Crippen LogP contribution in [-0.2, 0) is 5.41 Å². The van der Waals surface area contributed by atoms with Crippen LogP contribution in [0.1, 0.15) is 63.9 Å². The number of piperazine rings is 1. The molecular formula is C19H32N4O. The van der Waals surface area contributed by atoms with E-state index < -0.39 is 0 Å². The summed E-state index contributed by atoms with van der Waals surface area (Å²) in [6.45, 7) is 12.1. The van der Waals surface area contributed by atoms with Crippen LogP contribution < -0.4 is 4.90 Å². The molecule has 24 heavy (non-hydrogen) atoms. The van der Waals surface area contributed by atoms with E-state index in [0.717, 1.165) is 56.5 Å². The maximum atomic E-state index is 8.99. The molecule has 0 unspecified atom stereocenters. The second kappa shape index (κ2) is 7.36. The minimum atomic E-state index is 0.0547. The first-order valence-electron chi connectivity index (χ1n) is 9.45. The lowest BCUT2D eigenvalue weighted by atomic mass is 9.84. The predicted octanol–water partition coefficient (Wildman–Crippen LogP) is 2.55. The molecular weight excluding hydrogens is 300 g/mol. The van der Waals surface area contributed by atoms with Gasteiger partial charge in [0, 0.05) is 56.7 Å². The van der Waals surface area contributed by atoms with Crippen molar-refractivity contribution in [1.82, 2.24) is 14.9 Å². The molecule has 2 fully saturated rings. The maximum Gasteiger partial charge on any atom is 0.134 e. The van der Waals surface area contributed by atoms with Crippen LogP contribution in [-0.4, -0.2) is 59.3 Å². The number of aliphatic hydroxyl groups is 1. The molecule has 1 saturated carbocycles. The maximum absolute atomic E-state index is 8.99. The highest BCUT2D eigenvalue weighted by Crippen LogP contribution is 2.36. The first-order valence-corrected chi connectivity index (χ1v) is 9.45. The second-order valence-electron chi connectivity index (χ2n) is 8.25. The molecule has 0 bridgehead atoms. The molecule has 3 rings (SSSR count). The predicted molar refractivity (Wildman–Crippen MR) is 97.7 cm³/mol. The van der Waals surface area contributed by atoms with Crippen LogP contribution in [0.2, 0.25) is 0 Å². The third kappa shape index (κ3) is 4.06. The van der Waals surface area contributed by atoms with E-state index in [1.54, 1.807) is 0 Å². The summed E-state index contributed by atoms with van der Waals surface area (Å²) in [5.74, 6) is 2.74. The summed E-state index contributed by atoms with van der Waals surface area (Å²) >= 11 is 0. The smallest absolute Gasteiger partial charge is 0.134 e. The standard InChI is InChI=1S/C19H32N4O/c1-19(2,3)16-14-17(21-18(20-16)15-6-4-7-15)23-11-9-22(10-12-23)8-5-13-24/h14-15,24H,4-13H2,1-3H3. The highest BCUT2D eigenvalue weighted by Gasteiger charge is 2.27. The van der Waals surface area contributed by atoms with Gasteiger partial charge in [-0.1, -0.05) is 27.2 Å². The van der Waals surface area contributed by atoms with Gasteiger partial charge in [0.2, 0.25) is 0 Å². The molecule has 2 heterocycles. The molecule has 5 nitrogen and oxygen atoms in total. The summed E-state index contributed by atoms with van der Waals surface area (Å²) in [7, 11) is 0. The Hall–Kier alpha value is -1.20. The Morgan fingerprint density at radius 3 is 2.38 bits per heavy atom. The molecule has 0 radical (unpaired) electrons. The van der Waals surface area contributed by atoms with E-state index in [1.165, 1.54) is 19.3 Å². The van der Waals surface area contributed by atoms with E-state index in [9.17, 15) is 0 Å². The Labute approximate surface area is 146 Å². The molecule has 0 amide bonds. The van der Waals surface area contributed by atoms with Crippen molar-refractivity contribution in [3.8, 4) is 0 Å². The Bertz CT molecular complexity index is 543. The molecule has 2 aliphatic rings. The topological polar surface area (TPSA) is 52.5 Å². The van der Waals surface area contributed by atoms with Gasteiger partial charge in [-0.2, -0.15) is 0 Å². The van der Waals surface area contributed by atoms with E-state index in [2.05, 4.69) is 36.6 Å². The minimum absolute atomic E-state index is 0.0547. The van der Waals surface area contributed by atoms with E-state index in [-0.39, 0.29) is 12.0 Å². The fraction of sp³-hybridized carbons (Fsp3) is 0.789. The van der Waals surface area contributed by atoms with Gasteiger partial charge < -0.3 is 10.0 Å². The van der Waals surface area contributed by atoms with Gasteiger partial charge in [-0.15, -0.1) is 0 Å². The zero-order valence-corrected chi connectivity index (χ0v) is 15.5. The lowest BCUT2D eigenvalue weighted by Crippen LogP contribution is -2.47. The van der Waals surface area contributed by atoms with Crippen LogP contribution in [0.4, 0.5) is 5.82 Å². The van der Waals surface area contributed by atoms with Crippen LogP contribution >= 0.6 is 0 Å². The van der Waals surface area contributed by atoms with Crippen molar-refractivity contribution in [3.05, 3.63) is 17.6 Å². The van der Waals surface area contributed by atoms with Crippen molar-refractivity contribution >= 4 is 5.82 Å². The molecule has 134 valence electrons. The zero-order valence-electron chi connectivity index (χ0n) is 15.5. The fourth-order valence-electron chi connectivity index (χ4n) is 3.34. The number of anilines is 1. The SMILES string of the molecule is CC(C)(C)c1cc(N2CCN(CCCO)CC2)nc(C2CCC2)n1. The van der Waals surface area contributed by atoms with Gasteiger partial charge in [0.25, 0.3) is 0 Å². The lowest BCUT2D eigenvalue weighted by molar-refractivity contribution is 0.215. The summed E-state index contributed by atoms with van der Waals surface area (Å²) in [6.07, 6.45) is 4.66. The van der Waals surface area contributed by atoms with Crippen molar-refractivity contribution in [2.24, 2.45) is 0 Å². The quantitative estimate of drug-likeness (QED) is 0.898. The van der Waals surface area contributed by atoms with E-state index >= 15 is 0 Å². The Balaban J connectivity index is 1.75. The number of aliphatic hydroxyl groups excluding tert-OH is 1. The van der Waals surface area contributed by atoms with Crippen LogP contribution in [0.5, 0.6) is 0 Å². The van der Waals surface area contributed by atoms with E-state index in [4.69, 9.17) is 15.1 Å². The molecule has 1 saturated heterocycles. The van der Waals surface area contributed by atoms with Crippen molar-refractivity contribution in [1.29, 1.82) is 0 Å². The Morgan fingerprint density at radius 1 is 1.12 bits per heavy atom. The summed E-state index contributed by atoms with van der Waals surface area (Å²) in [5.41, 5.74) is 1.22. The fourth-order valence-corrected chi connectivity index (χ4v) is 3.34. The van der Waals surface area contributed by atoms with Gasteiger partial charge in [-0.3, -0.25) is 4.90 Å². The van der Waals surface area contributed by atoms with Crippen molar-refractivity contribution in [2.75, 3.05) is 44.2 Å². The molecule has 1 aromatic rings. The number of nitrogens with zero attached hydrogens (tertiary/aromatic N) is 4. The molecule has 0 atom stereocenters. The first kappa shape index (κ1) is 17.6. The van der Waals surface area contributed by atoms with Crippen molar-refractivity contribution in [2.45, 2.75) is 57.8 Å². The number of hydrogen-bond acceptors (Lipinski definition) is 5. The Kier molecular flexibility index (Phi) is 5.40. The van der Waals surface area contributed by atoms with Gasteiger partial charge in [0.15, 0.2) is 0 Å². The minimum Gasteiger partial charge on any atom is -0.396 e. The third-order valence-electron chi connectivity index (χ3n) is 5.30. The second-order valence-corrected chi connectivity index (χ2v) is 8.25. The number of hydrogen-bond donors (Lipinski definition) is 1. The summed E-state index contributed by atoms with van der Waals surface area (Å²) in [5, 5.41) is 8.99. The summed E-state index contributed by atoms with van der Waals surface area (Å²) in [6, 6.07) is 2.20.